The number of amides is 2. The maximum atomic E-state index is 12.8. The Morgan fingerprint density at radius 3 is 2.32 bits per heavy atom. The van der Waals surface area contributed by atoms with Crippen LogP contribution in [0.1, 0.15) is 46.2 Å². The van der Waals surface area contributed by atoms with E-state index in [1.165, 1.54) is 0 Å². The van der Waals surface area contributed by atoms with Crippen molar-refractivity contribution in [3.63, 3.8) is 0 Å². The van der Waals surface area contributed by atoms with Crippen LogP contribution in [0.15, 0.2) is 35.5 Å². The zero-order valence-corrected chi connectivity index (χ0v) is 15.6. The number of nitrogens with one attached hydrogen (secondary N) is 2. The van der Waals surface area contributed by atoms with Crippen molar-refractivity contribution >= 4 is 12.0 Å². The van der Waals surface area contributed by atoms with Gasteiger partial charge in [0.15, 0.2) is 0 Å². The second-order valence-electron chi connectivity index (χ2n) is 7.26. The Balaban J connectivity index is 2.34. The summed E-state index contributed by atoms with van der Waals surface area (Å²) in [6.45, 7) is 9.59. The summed E-state index contributed by atoms with van der Waals surface area (Å²) in [5, 5.41) is 5.44. The van der Waals surface area contributed by atoms with Gasteiger partial charge >= 0.3 is 12.0 Å². The van der Waals surface area contributed by atoms with Crippen LogP contribution in [0.4, 0.5) is 4.79 Å². The molecular weight excluding hydrogens is 320 g/mol. The average molecular weight is 346 g/mol. The molecule has 1 aromatic carbocycles. The Hall–Kier alpha value is -2.50. The Morgan fingerprint density at radius 2 is 1.80 bits per heavy atom. The molecule has 1 heterocycles. The van der Waals surface area contributed by atoms with Gasteiger partial charge in [-0.15, -0.1) is 0 Å². The highest BCUT2D eigenvalue weighted by Crippen LogP contribution is 2.30. The minimum atomic E-state index is -0.570. The summed E-state index contributed by atoms with van der Waals surface area (Å²) < 4.78 is 10.8. The van der Waals surface area contributed by atoms with Crippen molar-refractivity contribution in [2.75, 3.05) is 7.11 Å². The molecule has 0 unspecified atom stereocenters. The molecule has 0 radical (unpaired) electrons. The summed E-state index contributed by atoms with van der Waals surface area (Å²) in [7, 11) is 1.59. The van der Waals surface area contributed by atoms with E-state index in [9.17, 15) is 9.59 Å². The first-order valence-electron chi connectivity index (χ1n) is 8.26. The molecule has 0 aromatic heterocycles. The SMILES string of the molecule is COc1ccc([C@@H]2NC(=O)NC(C)=C2C(=O)O[C@H](C)C(C)(C)C)cc1. The molecule has 0 spiro atoms. The second kappa shape index (κ2) is 7.17. The van der Waals surface area contributed by atoms with Gasteiger partial charge in [0.2, 0.25) is 0 Å². The van der Waals surface area contributed by atoms with Gasteiger partial charge in [0, 0.05) is 5.70 Å². The Morgan fingerprint density at radius 1 is 1.20 bits per heavy atom. The van der Waals surface area contributed by atoms with Crippen LogP contribution >= 0.6 is 0 Å². The molecule has 1 aliphatic heterocycles. The standard InChI is InChI=1S/C19H26N2O4/c1-11-15(17(22)25-12(2)19(3,4)5)16(21-18(23)20-11)13-7-9-14(24-6)10-8-13/h7-10,12,16H,1-6H3,(H2,20,21,23)/t12-,16+/m1/s1. The Bertz CT molecular complexity index is 686. The summed E-state index contributed by atoms with van der Waals surface area (Å²) >= 11 is 0. The van der Waals surface area contributed by atoms with Crippen LogP contribution < -0.4 is 15.4 Å². The average Bonchev–Trinajstić information content (AvgIpc) is 2.53. The van der Waals surface area contributed by atoms with E-state index in [1.54, 1.807) is 26.2 Å². The van der Waals surface area contributed by atoms with E-state index in [0.717, 1.165) is 5.56 Å². The van der Waals surface area contributed by atoms with Crippen molar-refractivity contribution in [3.8, 4) is 5.75 Å². The van der Waals surface area contributed by atoms with Gasteiger partial charge in [0.05, 0.1) is 18.7 Å². The number of urea groups is 1. The number of hydrogen-bond acceptors (Lipinski definition) is 4. The summed E-state index contributed by atoms with van der Waals surface area (Å²) in [6.07, 6.45) is -0.269. The smallest absolute Gasteiger partial charge is 0.338 e. The zero-order valence-electron chi connectivity index (χ0n) is 15.6. The van der Waals surface area contributed by atoms with Crippen LogP contribution in [-0.2, 0) is 9.53 Å². The van der Waals surface area contributed by atoms with E-state index in [1.807, 2.05) is 39.8 Å². The molecule has 1 aliphatic rings. The Kier molecular flexibility index (Phi) is 5.40. The minimum Gasteiger partial charge on any atom is -0.497 e. The number of ether oxygens (including phenoxy) is 2. The molecule has 0 saturated heterocycles. The largest absolute Gasteiger partial charge is 0.497 e. The predicted octanol–water partition coefficient (Wildman–Crippen LogP) is 3.30. The number of allylic oxidation sites excluding steroid dienone is 1. The lowest BCUT2D eigenvalue weighted by atomic mass is 9.90. The third-order valence-corrected chi connectivity index (χ3v) is 4.44. The van der Waals surface area contributed by atoms with E-state index in [4.69, 9.17) is 9.47 Å². The maximum Gasteiger partial charge on any atom is 0.338 e. The highest BCUT2D eigenvalue weighted by Gasteiger charge is 2.34. The second-order valence-corrected chi connectivity index (χ2v) is 7.26. The fourth-order valence-corrected chi connectivity index (χ4v) is 2.41. The molecule has 2 amide bonds. The molecule has 0 aliphatic carbocycles. The van der Waals surface area contributed by atoms with Crippen LogP contribution in [0.2, 0.25) is 0 Å². The summed E-state index contributed by atoms with van der Waals surface area (Å²) in [5.74, 6) is 0.267. The van der Waals surface area contributed by atoms with Crippen molar-refractivity contribution < 1.29 is 19.1 Å². The van der Waals surface area contributed by atoms with Crippen LogP contribution in [0.5, 0.6) is 5.75 Å². The van der Waals surface area contributed by atoms with E-state index < -0.39 is 12.0 Å². The summed E-state index contributed by atoms with van der Waals surface area (Å²) in [4.78, 5) is 24.7. The summed E-state index contributed by atoms with van der Waals surface area (Å²) in [6, 6.07) is 6.31. The van der Waals surface area contributed by atoms with Gasteiger partial charge in [-0.05, 0) is 37.0 Å². The van der Waals surface area contributed by atoms with E-state index in [2.05, 4.69) is 10.6 Å². The van der Waals surface area contributed by atoms with E-state index in [-0.39, 0.29) is 17.6 Å². The predicted molar refractivity (Wildman–Crippen MR) is 95.1 cm³/mol. The molecule has 2 atom stereocenters. The van der Waals surface area contributed by atoms with E-state index in [0.29, 0.717) is 17.0 Å². The quantitative estimate of drug-likeness (QED) is 0.820. The molecule has 6 heteroatoms. The molecule has 1 aromatic rings. The molecule has 0 fully saturated rings. The van der Waals surface area contributed by atoms with E-state index >= 15 is 0 Å². The topological polar surface area (TPSA) is 76.7 Å². The molecule has 136 valence electrons. The lowest BCUT2D eigenvalue weighted by Gasteiger charge is -2.31. The fourth-order valence-electron chi connectivity index (χ4n) is 2.41. The lowest BCUT2D eigenvalue weighted by molar-refractivity contribution is -0.149. The van der Waals surface area contributed by atoms with Crippen molar-refractivity contribution in [2.24, 2.45) is 5.41 Å². The number of benzene rings is 1. The van der Waals surface area contributed by atoms with Gasteiger partial charge in [0.1, 0.15) is 11.9 Å². The minimum absolute atomic E-state index is 0.176. The van der Waals surface area contributed by atoms with Crippen LogP contribution in [0.3, 0.4) is 0 Å². The first kappa shape index (κ1) is 18.8. The van der Waals surface area contributed by atoms with Gasteiger partial charge < -0.3 is 20.1 Å². The molecule has 0 saturated carbocycles. The fraction of sp³-hybridized carbons (Fsp3) is 0.474. The molecule has 2 N–H and O–H groups in total. The maximum absolute atomic E-state index is 12.8. The summed E-state index contributed by atoms with van der Waals surface area (Å²) in [5.41, 5.74) is 1.51. The van der Waals surface area contributed by atoms with Gasteiger partial charge in [-0.3, -0.25) is 0 Å². The monoisotopic (exact) mass is 346 g/mol. The van der Waals surface area contributed by atoms with Gasteiger partial charge in [-0.2, -0.15) is 0 Å². The number of esters is 1. The molecule has 6 nitrogen and oxygen atoms in total. The number of methoxy groups -OCH3 is 1. The number of hydrogen-bond donors (Lipinski definition) is 2. The van der Waals surface area contributed by atoms with Crippen LogP contribution in [0, 0.1) is 5.41 Å². The molecular formula is C19H26N2O4. The van der Waals surface area contributed by atoms with Crippen molar-refractivity contribution in [2.45, 2.75) is 46.8 Å². The van der Waals surface area contributed by atoms with Crippen molar-refractivity contribution in [1.29, 1.82) is 0 Å². The van der Waals surface area contributed by atoms with Crippen molar-refractivity contribution in [1.82, 2.24) is 10.6 Å². The zero-order chi connectivity index (χ0) is 18.8. The first-order chi connectivity index (χ1) is 11.6. The third-order valence-electron chi connectivity index (χ3n) is 4.44. The van der Waals surface area contributed by atoms with Gasteiger partial charge in [-0.1, -0.05) is 32.9 Å². The highest BCUT2D eigenvalue weighted by molar-refractivity contribution is 5.95. The molecule has 2 rings (SSSR count). The van der Waals surface area contributed by atoms with Gasteiger partial charge in [-0.25, -0.2) is 9.59 Å². The van der Waals surface area contributed by atoms with Crippen LogP contribution in [-0.4, -0.2) is 25.2 Å². The third kappa shape index (κ3) is 4.32. The van der Waals surface area contributed by atoms with Gasteiger partial charge in [0.25, 0.3) is 0 Å². The molecule has 0 bridgehead atoms. The first-order valence-corrected chi connectivity index (χ1v) is 8.26. The number of rotatable bonds is 4. The highest BCUT2D eigenvalue weighted by atomic mass is 16.5. The number of carbonyl (C=O) groups is 2. The lowest BCUT2D eigenvalue weighted by Crippen LogP contribution is -2.46. The molecule has 25 heavy (non-hydrogen) atoms. The number of carbonyl (C=O) groups excluding carboxylic acids is 2. The van der Waals surface area contributed by atoms with Crippen molar-refractivity contribution in [3.05, 3.63) is 41.1 Å². The Labute approximate surface area is 148 Å². The van der Waals surface area contributed by atoms with Crippen LogP contribution in [0.25, 0.3) is 0 Å². The normalized spacial score (nSPS) is 19.0.